The molecule has 5 nitrogen and oxygen atoms in total. The number of nitrogens with one attached hydrogen (secondary N) is 1. The smallest absolute Gasteiger partial charge is 0.242 e. The van der Waals surface area contributed by atoms with Crippen LogP contribution in [-0.2, 0) is 14.8 Å². The molecule has 0 aliphatic carbocycles. The zero-order valence-electron chi connectivity index (χ0n) is 14.7. The van der Waals surface area contributed by atoms with E-state index < -0.39 is 10.0 Å². The molecule has 0 aromatic heterocycles. The van der Waals surface area contributed by atoms with Crippen LogP contribution in [-0.4, -0.2) is 38.0 Å². The van der Waals surface area contributed by atoms with Crippen molar-refractivity contribution in [3.63, 3.8) is 0 Å². The number of hydrogen-bond acceptors (Lipinski definition) is 4. The summed E-state index contributed by atoms with van der Waals surface area (Å²) in [5, 5.41) is 2.53. The van der Waals surface area contributed by atoms with E-state index in [1.54, 1.807) is 12.1 Å². The standard InChI is InChI=1S/C18H22N2O3S2/c1-13-10-11-16(25(22,23)20(3)4)12-17(13)19-18(21)14(2)24-15-8-6-5-7-9-15/h5-12,14H,1-4H3,(H,19,21)/t14-/m1/s1. The van der Waals surface area contributed by atoms with E-state index in [-0.39, 0.29) is 16.1 Å². The SMILES string of the molecule is Cc1ccc(S(=O)(=O)N(C)C)cc1NC(=O)[C@@H](C)Sc1ccccc1. The van der Waals surface area contributed by atoms with Crippen molar-refractivity contribution in [2.45, 2.75) is 28.9 Å². The van der Waals surface area contributed by atoms with Crippen LogP contribution in [0.2, 0.25) is 0 Å². The highest BCUT2D eigenvalue weighted by molar-refractivity contribution is 8.00. The first-order chi connectivity index (χ1) is 11.7. The van der Waals surface area contributed by atoms with Crippen LogP contribution < -0.4 is 5.32 Å². The predicted molar refractivity (Wildman–Crippen MR) is 102 cm³/mol. The highest BCUT2D eigenvalue weighted by atomic mass is 32.2. The van der Waals surface area contributed by atoms with Gasteiger partial charge in [-0.25, -0.2) is 12.7 Å². The van der Waals surface area contributed by atoms with Crippen molar-refractivity contribution in [2.75, 3.05) is 19.4 Å². The first-order valence-electron chi connectivity index (χ1n) is 7.77. The molecule has 0 saturated carbocycles. The van der Waals surface area contributed by atoms with Crippen molar-refractivity contribution in [3.8, 4) is 0 Å². The lowest BCUT2D eigenvalue weighted by atomic mass is 10.2. The Hall–Kier alpha value is -1.83. The number of aryl methyl sites for hydroxylation is 1. The molecule has 0 radical (unpaired) electrons. The minimum atomic E-state index is -3.54. The summed E-state index contributed by atoms with van der Waals surface area (Å²) >= 11 is 1.45. The number of benzene rings is 2. The van der Waals surface area contributed by atoms with Gasteiger partial charge in [-0.15, -0.1) is 11.8 Å². The van der Waals surface area contributed by atoms with Crippen molar-refractivity contribution in [1.82, 2.24) is 4.31 Å². The topological polar surface area (TPSA) is 66.5 Å². The van der Waals surface area contributed by atoms with Gasteiger partial charge in [-0.05, 0) is 43.7 Å². The normalized spacial score (nSPS) is 12.8. The fraction of sp³-hybridized carbons (Fsp3) is 0.278. The predicted octanol–water partition coefficient (Wildman–Crippen LogP) is 3.36. The van der Waals surface area contributed by atoms with Gasteiger partial charge in [0.05, 0.1) is 10.1 Å². The Morgan fingerprint density at radius 3 is 2.36 bits per heavy atom. The van der Waals surface area contributed by atoms with Gasteiger partial charge in [-0.2, -0.15) is 0 Å². The van der Waals surface area contributed by atoms with Crippen LogP contribution in [0.15, 0.2) is 58.3 Å². The van der Waals surface area contributed by atoms with Crippen LogP contribution in [0.25, 0.3) is 0 Å². The van der Waals surface area contributed by atoms with Crippen LogP contribution >= 0.6 is 11.8 Å². The Morgan fingerprint density at radius 1 is 1.12 bits per heavy atom. The molecule has 0 unspecified atom stereocenters. The van der Waals surface area contributed by atoms with E-state index in [4.69, 9.17) is 0 Å². The van der Waals surface area contributed by atoms with Crippen LogP contribution in [0, 0.1) is 6.92 Å². The third-order valence-corrected chi connectivity index (χ3v) is 6.59. The molecule has 0 heterocycles. The Morgan fingerprint density at radius 2 is 1.76 bits per heavy atom. The van der Waals surface area contributed by atoms with Crippen LogP contribution in [0.5, 0.6) is 0 Å². The van der Waals surface area contributed by atoms with E-state index in [0.717, 1.165) is 14.8 Å². The number of carbonyl (C=O) groups excluding carboxylic acids is 1. The molecule has 2 aromatic carbocycles. The molecule has 1 N–H and O–H groups in total. The summed E-state index contributed by atoms with van der Waals surface area (Å²) in [7, 11) is -0.588. The molecule has 0 aliphatic rings. The Kier molecular flexibility index (Phi) is 6.26. The summed E-state index contributed by atoms with van der Waals surface area (Å²) in [6.45, 7) is 3.65. The largest absolute Gasteiger partial charge is 0.325 e. The molecule has 134 valence electrons. The van der Waals surface area contributed by atoms with Gasteiger partial charge in [0.25, 0.3) is 0 Å². The molecule has 25 heavy (non-hydrogen) atoms. The van der Waals surface area contributed by atoms with Gasteiger partial charge >= 0.3 is 0 Å². The van der Waals surface area contributed by atoms with Crippen LogP contribution in [0.3, 0.4) is 0 Å². The molecule has 0 bridgehead atoms. The summed E-state index contributed by atoms with van der Waals surface area (Å²) in [6.07, 6.45) is 0. The molecule has 0 spiro atoms. The highest BCUT2D eigenvalue weighted by Gasteiger charge is 2.20. The number of hydrogen-bond donors (Lipinski definition) is 1. The molecule has 1 atom stereocenters. The van der Waals surface area contributed by atoms with Crippen molar-refractivity contribution in [3.05, 3.63) is 54.1 Å². The molecular weight excluding hydrogens is 356 g/mol. The van der Waals surface area contributed by atoms with Crippen molar-refractivity contribution < 1.29 is 13.2 Å². The second kappa shape index (κ2) is 8.03. The van der Waals surface area contributed by atoms with E-state index >= 15 is 0 Å². The molecule has 2 aromatic rings. The monoisotopic (exact) mass is 378 g/mol. The van der Waals surface area contributed by atoms with Gasteiger partial charge in [-0.1, -0.05) is 24.3 Å². The molecule has 2 rings (SSSR count). The summed E-state index contributed by atoms with van der Waals surface area (Å²) in [5.74, 6) is -0.170. The lowest BCUT2D eigenvalue weighted by Crippen LogP contribution is -2.24. The molecule has 0 saturated heterocycles. The van der Waals surface area contributed by atoms with Gasteiger partial charge in [0.15, 0.2) is 0 Å². The van der Waals surface area contributed by atoms with E-state index in [2.05, 4.69) is 5.32 Å². The Bertz CT molecular complexity index is 850. The third kappa shape index (κ3) is 4.84. The van der Waals surface area contributed by atoms with Gasteiger partial charge in [-0.3, -0.25) is 4.79 Å². The summed E-state index contributed by atoms with van der Waals surface area (Å²) in [4.78, 5) is 13.6. The first-order valence-corrected chi connectivity index (χ1v) is 10.1. The van der Waals surface area contributed by atoms with E-state index in [1.165, 1.54) is 31.9 Å². The maximum atomic E-state index is 12.5. The fourth-order valence-corrected chi connectivity index (χ4v) is 3.92. The lowest BCUT2D eigenvalue weighted by molar-refractivity contribution is -0.115. The molecule has 0 aliphatic heterocycles. The third-order valence-electron chi connectivity index (χ3n) is 3.67. The molecule has 1 amide bonds. The fourth-order valence-electron chi connectivity index (χ4n) is 2.10. The van der Waals surface area contributed by atoms with E-state index in [1.807, 2.05) is 44.2 Å². The summed E-state index contributed by atoms with van der Waals surface area (Å²) < 4.78 is 25.7. The van der Waals surface area contributed by atoms with Gasteiger partial charge < -0.3 is 5.32 Å². The quantitative estimate of drug-likeness (QED) is 0.783. The van der Waals surface area contributed by atoms with Gasteiger partial charge in [0.2, 0.25) is 15.9 Å². The average molecular weight is 379 g/mol. The minimum Gasteiger partial charge on any atom is -0.325 e. The molecule has 0 fully saturated rings. The minimum absolute atomic E-state index is 0.154. The Balaban J connectivity index is 2.17. The van der Waals surface area contributed by atoms with Crippen molar-refractivity contribution in [1.29, 1.82) is 0 Å². The number of nitrogens with zero attached hydrogens (tertiary/aromatic N) is 1. The van der Waals surface area contributed by atoms with Gasteiger partial charge in [0.1, 0.15) is 0 Å². The van der Waals surface area contributed by atoms with E-state index in [0.29, 0.717) is 5.69 Å². The zero-order valence-corrected chi connectivity index (χ0v) is 16.3. The zero-order chi connectivity index (χ0) is 18.6. The number of carbonyl (C=O) groups is 1. The summed E-state index contributed by atoms with van der Waals surface area (Å²) in [5.41, 5.74) is 1.32. The molecular formula is C18H22N2O3S2. The number of amides is 1. The van der Waals surface area contributed by atoms with Crippen LogP contribution in [0.4, 0.5) is 5.69 Å². The highest BCUT2D eigenvalue weighted by Crippen LogP contribution is 2.26. The molecule has 7 heteroatoms. The lowest BCUT2D eigenvalue weighted by Gasteiger charge is -2.16. The second-order valence-electron chi connectivity index (χ2n) is 5.83. The first kappa shape index (κ1) is 19.5. The number of anilines is 1. The second-order valence-corrected chi connectivity index (χ2v) is 9.39. The summed E-state index contributed by atoms with van der Waals surface area (Å²) in [6, 6.07) is 14.4. The maximum absolute atomic E-state index is 12.5. The van der Waals surface area contributed by atoms with Crippen molar-refractivity contribution >= 4 is 33.4 Å². The Labute approximate surface area is 153 Å². The number of sulfonamides is 1. The van der Waals surface area contributed by atoms with Crippen molar-refractivity contribution in [2.24, 2.45) is 0 Å². The number of rotatable bonds is 6. The number of thioether (sulfide) groups is 1. The van der Waals surface area contributed by atoms with E-state index in [9.17, 15) is 13.2 Å². The maximum Gasteiger partial charge on any atom is 0.242 e. The average Bonchev–Trinajstić information content (AvgIpc) is 2.57. The van der Waals surface area contributed by atoms with Crippen LogP contribution in [0.1, 0.15) is 12.5 Å². The van der Waals surface area contributed by atoms with Gasteiger partial charge in [0, 0.05) is 24.7 Å².